The van der Waals surface area contributed by atoms with Crippen LogP contribution in [0.5, 0.6) is 0 Å². The van der Waals surface area contributed by atoms with Gasteiger partial charge in [-0.2, -0.15) is 13.2 Å². The normalized spacial score (nSPS) is 19.6. The van der Waals surface area contributed by atoms with Gasteiger partial charge in [0.05, 0.1) is 10.5 Å². The summed E-state index contributed by atoms with van der Waals surface area (Å²) in [6, 6.07) is 9.90. The molecule has 1 aliphatic rings. The lowest BCUT2D eigenvalue weighted by Crippen LogP contribution is -2.32. The molecule has 4 nitrogen and oxygen atoms in total. The van der Waals surface area contributed by atoms with Crippen molar-refractivity contribution in [2.45, 2.75) is 37.3 Å². The summed E-state index contributed by atoms with van der Waals surface area (Å²) in [6.07, 6.45) is -4.34. The van der Waals surface area contributed by atoms with E-state index in [9.17, 15) is 26.4 Å². The van der Waals surface area contributed by atoms with E-state index in [1.165, 1.54) is 24.3 Å². The van der Waals surface area contributed by atoms with Gasteiger partial charge >= 0.3 is 6.18 Å². The number of carbonyl (C=O) groups is 1. The average molecular weight is 397 g/mol. The number of hydrogen-bond donors (Lipinski definition) is 1. The SMILES string of the molecule is Cc1ccc(C)c(S(=O)(=O)NC(=O)C2CC2c2ccccc2C(F)(F)F)c1. The largest absolute Gasteiger partial charge is 0.416 e. The minimum Gasteiger partial charge on any atom is -0.274 e. The maximum atomic E-state index is 13.1. The van der Waals surface area contributed by atoms with Crippen LogP contribution in [0.3, 0.4) is 0 Å². The van der Waals surface area contributed by atoms with Gasteiger partial charge in [0.25, 0.3) is 10.0 Å². The van der Waals surface area contributed by atoms with Crippen molar-refractivity contribution in [1.29, 1.82) is 0 Å². The van der Waals surface area contributed by atoms with Gasteiger partial charge in [-0.25, -0.2) is 13.1 Å². The van der Waals surface area contributed by atoms with E-state index >= 15 is 0 Å². The molecular formula is C19H18F3NO3S. The van der Waals surface area contributed by atoms with Crippen LogP contribution < -0.4 is 4.72 Å². The Morgan fingerprint density at radius 2 is 1.78 bits per heavy atom. The van der Waals surface area contributed by atoms with Crippen LogP contribution in [0.4, 0.5) is 13.2 Å². The van der Waals surface area contributed by atoms with Crippen molar-refractivity contribution < 1.29 is 26.4 Å². The fourth-order valence-electron chi connectivity index (χ4n) is 3.17. The van der Waals surface area contributed by atoms with Crippen LogP contribution in [0, 0.1) is 19.8 Å². The second-order valence-corrected chi connectivity index (χ2v) is 8.42. The first-order valence-corrected chi connectivity index (χ1v) is 9.79. The highest BCUT2D eigenvalue weighted by Crippen LogP contribution is 2.51. The number of aryl methyl sites for hydroxylation is 2. The highest BCUT2D eigenvalue weighted by molar-refractivity contribution is 7.90. The van der Waals surface area contributed by atoms with Crippen molar-refractivity contribution in [2.75, 3.05) is 0 Å². The molecule has 0 aliphatic heterocycles. The van der Waals surface area contributed by atoms with Crippen molar-refractivity contribution >= 4 is 15.9 Å². The molecule has 1 amide bonds. The van der Waals surface area contributed by atoms with Gasteiger partial charge in [0.15, 0.2) is 0 Å². The van der Waals surface area contributed by atoms with Gasteiger partial charge in [0.2, 0.25) is 5.91 Å². The summed E-state index contributed by atoms with van der Waals surface area (Å²) in [5, 5.41) is 0. The van der Waals surface area contributed by atoms with Gasteiger partial charge in [-0.15, -0.1) is 0 Å². The molecule has 2 aromatic carbocycles. The summed E-state index contributed by atoms with van der Waals surface area (Å²) >= 11 is 0. The van der Waals surface area contributed by atoms with E-state index in [-0.39, 0.29) is 16.9 Å². The Morgan fingerprint density at radius 1 is 1.11 bits per heavy atom. The Morgan fingerprint density at radius 3 is 2.44 bits per heavy atom. The molecule has 2 unspecified atom stereocenters. The first-order chi connectivity index (χ1) is 12.5. The van der Waals surface area contributed by atoms with Gasteiger partial charge in [0, 0.05) is 5.92 Å². The molecule has 8 heteroatoms. The van der Waals surface area contributed by atoms with Crippen molar-refractivity contribution in [2.24, 2.45) is 5.92 Å². The van der Waals surface area contributed by atoms with Crippen LogP contribution in [0.1, 0.15) is 34.6 Å². The Hall–Kier alpha value is -2.35. The first kappa shape index (κ1) is 19.4. The molecule has 1 aliphatic carbocycles. The molecule has 0 bridgehead atoms. The third-order valence-corrected chi connectivity index (χ3v) is 6.15. The summed E-state index contributed by atoms with van der Waals surface area (Å²) < 4.78 is 66.5. The van der Waals surface area contributed by atoms with Crippen LogP contribution in [0.15, 0.2) is 47.4 Å². The molecule has 144 valence electrons. The minimum atomic E-state index is -4.52. The molecule has 0 spiro atoms. The molecule has 3 rings (SSSR count). The fourth-order valence-corrected chi connectivity index (χ4v) is 4.53. The summed E-state index contributed by atoms with van der Waals surface area (Å²) in [5.41, 5.74) is 0.435. The van der Waals surface area contributed by atoms with Gasteiger partial charge in [-0.05, 0) is 55.0 Å². The summed E-state index contributed by atoms with van der Waals surface area (Å²) in [4.78, 5) is 12.4. The van der Waals surface area contributed by atoms with Crippen molar-refractivity contribution in [1.82, 2.24) is 4.72 Å². The highest BCUT2D eigenvalue weighted by Gasteiger charge is 2.48. The van der Waals surface area contributed by atoms with Gasteiger partial charge in [-0.3, -0.25) is 4.79 Å². The maximum Gasteiger partial charge on any atom is 0.416 e. The fraction of sp³-hybridized carbons (Fsp3) is 0.316. The molecule has 2 aromatic rings. The highest BCUT2D eigenvalue weighted by atomic mass is 32.2. The van der Waals surface area contributed by atoms with E-state index in [0.29, 0.717) is 5.56 Å². The second-order valence-electron chi connectivity index (χ2n) is 6.77. The monoisotopic (exact) mass is 397 g/mol. The summed E-state index contributed by atoms with van der Waals surface area (Å²) in [7, 11) is -4.08. The zero-order valence-electron chi connectivity index (χ0n) is 14.7. The molecule has 0 saturated heterocycles. The average Bonchev–Trinajstić information content (AvgIpc) is 3.36. The van der Waals surface area contributed by atoms with Gasteiger partial charge in [0.1, 0.15) is 0 Å². The number of benzene rings is 2. The molecule has 0 aromatic heterocycles. The Bertz CT molecular complexity index is 999. The molecule has 1 fully saturated rings. The first-order valence-electron chi connectivity index (χ1n) is 8.31. The van der Waals surface area contributed by atoms with E-state index in [0.717, 1.165) is 11.6 Å². The molecule has 1 saturated carbocycles. The van der Waals surface area contributed by atoms with Gasteiger partial charge in [-0.1, -0.05) is 30.3 Å². The quantitative estimate of drug-likeness (QED) is 0.850. The molecule has 2 atom stereocenters. The van der Waals surface area contributed by atoms with Crippen LogP contribution in [0.25, 0.3) is 0 Å². The lowest BCUT2D eigenvalue weighted by atomic mass is 10.0. The number of amides is 1. The molecule has 1 N–H and O–H groups in total. The van der Waals surface area contributed by atoms with Crippen LogP contribution in [-0.2, 0) is 21.0 Å². The topological polar surface area (TPSA) is 63.2 Å². The number of carbonyl (C=O) groups excluding carboxylic acids is 1. The van der Waals surface area contributed by atoms with Crippen LogP contribution >= 0.6 is 0 Å². The zero-order chi connectivity index (χ0) is 20.0. The lowest BCUT2D eigenvalue weighted by Gasteiger charge is -2.13. The predicted molar refractivity (Wildman–Crippen MR) is 93.5 cm³/mol. The van der Waals surface area contributed by atoms with Crippen molar-refractivity contribution in [3.8, 4) is 0 Å². The number of rotatable bonds is 4. The molecular weight excluding hydrogens is 379 g/mol. The van der Waals surface area contributed by atoms with E-state index in [1.54, 1.807) is 26.0 Å². The number of nitrogens with one attached hydrogen (secondary N) is 1. The zero-order valence-corrected chi connectivity index (χ0v) is 15.5. The van der Waals surface area contributed by atoms with Crippen molar-refractivity contribution in [3.05, 3.63) is 64.7 Å². The predicted octanol–water partition coefficient (Wildman–Crippen LogP) is 3.93. The van der Waals surface area contributed by atoms with Gasteiger partial charge < -0.3 is 0 Å². The second kappa shape index (κ2) is 6.67. The number of alkyl halides is 3. The minimum absolute atomic E-state index is 0.0104. The summed E-state index contributed by atoms with van der Waals surface area (Å²) in [6.45, 7) is 3.34. The summed E-state index contributed by atoms with van der Waals surface area (Å²) in [5.74, 6) is -2.22. The Balaban J connectivity index is 1.79. The lowest BCUT2D eigenvalue weighted by molar-refractivity contribution is -0.138. The molecule has 27 heavy (non-hydrogen) atoms. The van der Waals surface area contributed by atoms with E-state index in [2.05, 4.69) is 0 Å². The maximum absolute atomic E-state index is 13.1. The van der Waals surface area contributed by atoms with Crippen molar-refractivity contribution in [3.63, 3.8) is 0 Å². The van der Waals surface area contributed by atoms with Crippen LogP contribution in [-0.4, -0.2) is 14.3 Å². The number of halogens is 3. The molecule has 0 radical (unpaired) electrons. The third-order valence-electron chi connectivity index (χ3n) is 4.66. The third kappa shape index (κ3) is 4.00. The Labute approximate surface area is 155 Å². The smallest absolute Gasteiger partial charge is 0.274 e. The molecule has 0 heterocycles. The van der Waals surface area contributed by atoms with Crippen LogP contribution in [0.2, 0.25) is 0 Å². The number of hydrogen-bond acceptors (Lipinski definition) is 3. The standard InChI is InChI=1S/C19H18F3NO3S/c1-11-7-8-12(2)17(9-11)27(25,26)23-18(24)15-10-14(15)13-5-3-4-6-16(13)19(20,21)22/h3-9,14-15H,10H2,1-2H3,(H,23,24). The van der Waals surface area contributed by atoms with E-state index < -0.39 is 39.5 Å². The van der Waals surface area contributed by atoms with E-state index in [4.69, 9.17) is 0 Å². The number of sulfonamides is 1. The Kier molecular flexibility index (Phi) is 4.80. The van der Waals surface area contributed by atoms with E-state index in [1.807, 2.05) is 4.72 Å².